The molecule has 4 amide bonds. The summed E-state index contributed by atoms with van der Waals surface area (Å²) in [5.41, 5.74) is 0.670. The molecule has 1 aromatic heterocycles. The highest BCUT2D eigenvalue weighted by Gasteiger charge is 2.35. The minimum atomic E-state index is -1.24. The van der Waals surface area contributed by atoms with E-state index in [0.717, 1.165) is 4.90 Å². The molecule has 10 nitrogen and oxygen atoms in total. The van der Waals surface area contributed by atoms with E-state index in [0.29, 0.717) is 22.8 Å². The van der Waals surface area contributed by atoms with Crippen LogP contribution >= 0.6 is 11.6 Å². The molecule has 3 rings (SSSR count). The number of nitrogens with zero attached hydrogens (tertiary/aromatic N) is 1. The Morgan fingerprint density at radius 2 is 2.09 bits per heavy atom. The van der Waals surface area contributed by atoms with Crippen molar-refractivity contribution in [3.05, 3.63) is 52.4 Å². The molecule has 1 fully saturated rings. The monoisotopic (exact) mass is 477 g/mol. The Labute approximate surface area is 194 Å². The van der Waals surface area contributed by atoms with Crippen LogP contribution in [-0.2, 0) is 16.0 Å². The van der Waals surface area contributed by atoms with Crippen LogP contribution in [0.2, 0.25) is 5.02 Å². The molecule has 0 aliphatic carbocycles. The van der Waals surface area contributed by atoms with Crippen molar-refractivity contribution < 1.29 is 33.4 Å². The number of benzene rings is 1. The smallest absolute Gasteiger partial charge is 0.371 e. The number of urea groups is 1. The van der Waals surface area contributed by atoms with Crippen molar-refractivity contribution in [3.63, 3.8) is 0 Å². The number of aromatic carboxylic acids is 1. The number of rotatable bonds is 7. The molecule has 176 valence electrons. The van der Waals surface area contributed by atoms with E-state index in [2.05, 4.69) is 10.6 Å². The fourth-order valence-corrected chi connectivity index (χ4v) is 3.78. The molecule has 1 aliphatic heterocycles. The largest absolute Gasteiger partial charge is 0.496 e. The molecule has 2 aromatic rings. The van der Waals surface area contributed by atoms with Crippen LogP contribution in [-0.4, -0.2) is 54.0 Å². The maximum Gasteiger partial charge on any atom is 0.371 e. The molecule has 0 unspecified atom stereocenters. The maximum absolute atomic E-state index is 13.2. The zero-order valence-corrected chi connectivity index (χ0v) is 18.8. The number of amides is 4. The lowest BCUT2D eigenvalue weighted by atomic mass is 9.97. The third-order valence-corrected chi connectivity index (χ3v) is 5.54. The Balaban J connectivity index is 1.79. The number of halogens is 1. The first kappa shape index (κ1) is 24.1. The zero-order chi connectivity index (χ0) is 24.1. The number of carboxylic acids is 1. The number of carboxylic acid groups (broad SMARTS) is 1. The number of carbonyl (C=O) groups excluding carboxylic acids is 3. The molecule has 11 heteroatoms. The number of hydrogen-bond donors (Lipinski definition) is 3. The fourth-order valence-electron chi connectivity index (χ4n) is 3.58. The number of hydrogen-bond acceptors (Lipinski definition) is 6. The van der Waals surface area contributed by atoms with Crippen molar-refractivity contribution in [3.8, 4) is 5.75 Å². The molecular weight excluding hydrogens is 454 g/mol. The van der Waals surface area contributed by atoms with Crippen molar-refractivity contribution in [2.75, 3.05) is 20.2 Å². The zero-order valence-electron chi connectivity index (χ0n) is 18.1. The van der Waals surface area contributed by atoms with Crippen molar-refractivity contribution in [1.82, 2.24) is 15.5 Å². The van der Waals surface area contributed by atoms with Gasteiger partial charge in [0, 0.05) is 11.6 Å². The van der Waals surface area contributed by atoms with Crippen molar-refractivity contribution in [1.29, 1.82) is 0 Å². The first-order valence-corrected chi connectivity index (χ1v) is 10.6. The van der Waals surface area contributed by atoms with E-state index >= 15 is 0 Å². The van der Waals surface area contributed by atoms with Gasteiger partial charge in [-0.2, -0.15) is 0 Å². The quantitative estimate of drug-likeness (QED) is 0.557. The number of methoxy groups -OCH3 is 1. The molecule has 0 radical (unpaired) electrons. The lowest BCUT2D eigenvalue weighted by Gasteiger charge is -2.24. The molecular formula is C22H24ClN3O7. The summed E-state index contributed by atoms with van der Waals surface area (Å²) in [6, 6.07) is 6.29. The number of ether oxygens (including phenoxy) is 1. The van der Waals surface area contributed by atoms with Gasteiger partial charge in [0.2, 0.25) is 17.6 Å². The van der Waals surface area contributed by atoms with Gasteiger partial charge in [-0.25, -0.2) is 9.59 Å². The van der Waals surface area contributed by atoms with Gasteiger partial charge in [-0.05, 0) is 48.7 Å². The molecule has 1 aliphatic rings. The van der Waals surface area contributed by atoms with E-state index in [1.54, 1.807) is 25.1 Å². The maximum atomic E-state index is 13.2. The van der Waals surface area contributed by atoms with Crippen molar-refractivity contribution >= 4 is 35.4 Å². The van der Waals surface area contributed by atoms with E-state index in [1.807, 2.05) is 0 Å². The summed E-state index contributed by atoms with van der Waals surface area (Å²) in [5.74, 6) is -2.46. The highest BCUT2D eigenvalue weighted by Crippen LogP contribution is 2.27. The van der Waals surface area contributed by atoms with Crippen LogP contribution in [0, 0.1) is 5.92 Å². The van der Waals surface area contributed by atoms with Crippen LogP contribution in [0.5, 0.6) is 5.75 Å². The van der Waals surface area contributed by atoms with Gasteiger partial charge in [0.05, 0.1) is 19.1 Å². The average Bonchev–Trinajstić information content (AvgIpc) is 3.23. The second kappa shape index (κ2) is 10.4. The first-order valence-electron chi connectivity index (χ1n) is 10.3. The summed E-state index contributed by atoms with van der Waals surface area (Å²) in [6.07, 6.45) is 0.569. The van der Waals surface area contributed by atoms with E-state index < -0.39 is 42.3 Å². The lowest BCUT2D eigenvalue weighted by Crippen LogP contribution is -2.48. The summed E-state index contributed by atoms with van der Waals surface area (Å²) in [5, 5.41) is 14.8. The summed E-state index contributed by atoms with van der Waals surface area (Å²) in [7, 11) is 1.50. The van der Waals surface area contributed by atoms with Gasteiger partial charge in [-0.3, -0.25) is 14.5 Å². The standard InChI is InChI=1S/C22H24ClN3O7/c1-3-15(17-6-7-18(33-17)21(29)30)25-22(31)26-11-19(27)24-10-13(20(26)28)8-12-9-14(23)4-5-16(12)32-2/h4-7,9,13,15H,3,8,10-11H2,1-2H3,(H,24,27)(H,25,31)(H,29,30)/t13-,15+/m0/s1. The first-order chi connectivity index (χ1) is 15.7. The number of furan rings is 1. The lowest BCUT2D eigenvalue weighted by molar-refractivity contribution is -0.133. The fraction of sp³-hybridized carbons (Fsp3) is 0.364. The van der Waals surface area contributed by atoms with Gasteiger partial charge in [-0.1, -0.05) is 18.5 Å². The van der Waals surface area contributed by atoms with Gasteiger partial charge < -0.3 is 24.9 Å². The molecule has 1 saturated heterocycles. The molecule has 0 spiro atoms. The summed E-state index contributed by atoms with van der Waals surface area (Å²) in [4.78, 5) is 50.3. The third-order valence-electron chi connectivity index (χ3n) is 5.30. The number of imide groups is 1. The van der Waals surface area contributed by atoms with Gasteiger partial charge >= 0.3 is 12.0 Å². The minimum absolute atomic E-state index is 0.0501. The Bertz CT molecular complexity index is 1070. The molecule has 0 saturated carbocycles. The predicted octanol–water partition coefficient (Wildman–Crippen LogP) is 2.62. The molecule has 0 bridgehead atoms. The predicted molar refractivity (Wildman–Crippen MR) is 117 cm³/mol. The van der Waals surface area contributed by atoms with Crippen molar-refractivity contribution in [2.45, 2.75) is 25.8 Å². The summed E-state index contributed by atoms with van der Waals surface area (Å²) in [6.45, 7) is 1.37. The molecule has 2 atom stereocenters. The second-order valence-electron chi connectivity index (χ2n) is 7.50. The van der Waals surface area contributed by atoms with Crippen LogP contribution in [0.3, 0.4) is 0 Å². The van der Waals surface area contributed by atoms with Gasteiger partial charge in [0.15, 0.2) is 0 Å². The Morgan fingerprint density at radius 3 is 2.73 bits per heavy atom. The summed E-state index contributed by atoms with van der Waals surface area (Å²) >= 11 is 6.08. The van der Waals surface area contributed by atoms with E-state index in [-0.39, 0.29) is 24.5 Å². The average molecular weight is 478 g/mol. The van der Waals surface area contributed by atoms with Crippen LogP contribution in [0.4, 0.5) is 4.79 Å². The molecule has 3 N–H and O–H groups in total. The third kappa shape index (κ3) is 5.64. The highest BCUT2D eigenvalue weighted by molar-refractivity contribution is 6.30. The van der Waals surface area contributed by atoms with Gasteiger partial charge in [-0.15, -0.1) is 0 Å². The van der Waals surface area contributed by atoms with E-state index in [1.165, 1.54) is 19.2 Å². The Morgan fingerprint density at radius 1 is 1.33 bits per heavy atom. The molecule has 2 heterocycles. The van der Waals surface area contributed by atoms with Gasteiger partial charge in [0.1, 0.15) is 18.1 Å². The number of carbonyl (C=O) groups is 4. The van der Waals surface area contributed by atoms with Gasteiger partial charge in [0.25, 0.3) is 0 Å². The van der Waals surface area contributed by atoms with Crippen LogP contribution in [0.1, 0.15) is 41.3 Å². The molecule has 1 aromatic carbocycles. The van der Waals surface area contributed by atoms with Crippen LogP contribution in [0.15, 0.2) is 34.7 Å². The van der Waals surface area contributed by atoms with Crippen LogP contribution in [0.25, 0.3) is 0 Å². The molecule has 33 heavy (non-hydrogen) atoms. The van der Waals surface area contributed by atoms with Crippen LogP contribution < -0.4 is 15.4 Å². The Kier molecular flexibility index (Phi) is 7.59. The highest BCUT2D eigenvalue weighted by atomic mass is 35.5. The minimum Gasteiger partial charge on any atom is -0.496 e. The number of nitrogens with one attached hydrogen (secondary N) is 2. The van der Waals surface area contributed by atoms with Crippen molar-refractivity contribution in [2.24, 2.45) is 5.92 Å². The SMILES string of the molecule is CC[C@@H](NC(=O)N1CC(=O)NC[C@H](Cc2cc(Cl)ccc2OC)C1=O)c1ccc(C(=O)O)o1. The van der Waals surface area contributed by atoms with E-state index in [9.17, 15) is 19.2 Å². The Hall–Kier alpha value is -3.53. The normalized spacial score (nSPS) is 17.2. The van der Waals surface area contributed by atoms with E-state index in [4.69, 9.17) is 25.9 Å². The summed E-state index contributed by atoms with van der Waals surface area (Å²) < 4.78 is 10.6. The topological polar surface area (TPSA) is 138 Å². The second-order valence-corrected chi connectivity index (χ2v) is 7.94.